The summed E-state index contributed by atoms with van der Waals surface area (Å²) < 4.78 is 0. The number of aromatic amines is 1. The topological polar surface area (TPSA) is 128 Å². The molecule has 2 aromatic rings. The molecule has 1 unspecified atom stereocenters. The first kappa shape index (κ1) is 33.0. The van der Waals surface area contributed by atoms with E-state index in [0.717, 1.165) is 16.5 Å². The lowest BCUT2D eigenvalue weighted by molar-refractivity contribution is -0.120. The summed E-state index contributed by atoms with van der Waals surface area (Å²) in [6, 6.07) is 4.65. The number of carbonyl (C=O) groups is 2. The van der Waals surface area contributed by atoms with Gasteiger partial charge < -0.3 is 26.2 Å². The van der Waals surface area contributed by atoms with Crippen LogP contribution in [0.1, 0.15) is 79.2 Å². The standard InChI is InChI=1S/C13H16N2O2.C6H13NO2.C4H10.C3H8/c1-2-13(17)11(14)5-8-7-15-12-4-3-9(16)6-10(8)12;1-5(8)3-6(9)4-7-2;1-3-4-2;1-3-2/h3-4,6-7,11,15-16H,2,5,14H2,1H3;6-7,9H,3-4H2,1-2H3;3-4H2,1-2H3;3H2,1-2H3/t11-;;;/m0.../s1. The predicted octanol–water partition coefficient (Wildman–Crippen LogP) is 4.49. The summed E-state index contributed by atoms with van der Waals surface area (Å²) in [4.78, 5) is 24.9. The predicted molar refractivity (Wildman–Crippen MR) is 139 cm³/mol. The number of phenolic OH excluding ortho intramolecular Hbond substituents is 1. The molecule has 190 valence electrons. The Kier molecular flexibility index (Phi) is 20.4. The molecule has 1 aromatic carbocycles. The molecule has 0 saturated carbocycles. The summed E-state index contributed by atoms with van der Waals surface area (Å²) in [6.07, 6.45) is 6.41. The second-order valence-electron chi connectivity index (χ2n) is 8.00. The van der Waals surface area contributed by atoms with Crippen LogP contribution in [0.2, 0.25) is 0 Å². The van der Waals surface area contributed by atoms with Crippen LogP contribution in [-0.4, -0.2) is 52.5 Å². The number of benzene rings is 1. The van der Waals surface area contributed by atoms with Crippen molar-refractivity contribution in [1.82, 2.24) is 10.3 Å². The van der Waals surface area contributed by atoms with Crippen LogP contribution in [0.15, 0.2) is 24.4 Å². The van der Waals surface area contributed by atoms with E-state index >= 15 is 0 Å². The highest BCUT2D eigenvalue weighted by Crippen LogP contribution is 2.23. The number of nitrogens with one attached hydrogen (secondary N) is 2. The molecule has 0 bridgehead atoms. The van der Waals surface area contributed by atoms with Gasteiger partial charge in [0.2, 0.25) is 0 Å². The van der Waals surface area contributed by atoms with Crippen LogP contribution in [0.5, 0.6) is 5.75 Å². The minimum absolute atomic E-state index is 0.0257. The largest absolute Gasteiger partial charge is 0.508 e. The zero-order chi connectivity index (χ0) is 25.8. The van der Waals surface area contributed by atoms with Crippen molar-refractivity contribution >= 4 is 22.5 Å². The highest BCUT2D eigenvalue weighted by atomic mass is 16.3. The number of aromatic nitrogens is 1. The number of rotatable bonds is 9. The number of aliphatic hydroxyl groups is 1. The lowest BCUT2D eigenvalue weighted by Gasteiger charge is -2.08. The Balaban J connectivity index is 0. The maximum absolute atomic E-state index is 11.5. The number of H-pyrrole nitrogens is 1. The number of hydrogen-bond donors (Lipinski definition) is 5. The Morgan fingerprint density at radius 3 is 2.15 bits per heavy atom. The number of nitrogens with two attached hydrogens (primary N) is 1. The Morgan fingerprint density at radius 1 is 1.12 bits per heavy atom. The second kappa shape index (κ2) is 20.4. The number of aromatic hydroxyl groups is 1. The number of fused-ring (bicyclic) bond motifs is 1. The molecule has 7 heteroatoms. The van der Waals surface area contributed by atoms with Crippen LogP contribution in [0.3, 0.4) is 0 Å². The van der Waals surface area contributed by atoms with E-state index in [2.05, 4.69) is 38.0 Å². The quantitative estimate of drug-likeness (QED) is 0.371. The maximum atomic E-state index is 11.5. The van der Waals surface area contributed by atoms with Crippen molar-refractivity contribution < 1.29 is 19.8 Å². The van der Waals surface area contributed by atoms with Gasteiger partial charge in [-0.1, -0.05) is 53.9 Å². The third-order valence-corrected chi connectivity index (χ3v) is 4.42. The normalized spacial score (nSPS) is 11.7. The van der Waals surface area contributed by atoms with Crippen LogP contribution >= 0.6 is 0 Å². The van der Waals surface area contributed by atoms with Gasteiger partial charge in [-0.2, -0.15) is 0 Å². The van der Waals surface area contributed by atoms with Gasteiger partial charge in [-0.25, -0.2) is 0 Å². The highest BCUT2D eigenvalue weighted by molar-refractivity contribution is 5.87. The third-order valence-electron chi connectivity index (χ3n) is 4.42. The zero-order valence-electron chi connectivity index (χ0n) is 21.7. The summed E-state index contributed by atoms with van der Waals surface area (Å²) >= 11 is 0. The SMILES string of the molecule is CCC.CCC(=O)[C@@H](N)Cc1c[nH]c2ccc(O)cc12.CCCC.CNCC(O)CC(C)=O. The van der Waals surface area contributed by atoms with Gasteiger partial charge in [-0.05, 0) is 44.2 Å². The van der Waals surface area contributed by atoms with Gasteiger partial charge >= 0.3 is 0 Å². The number of phenols is 1. The van der Waals surface area contributed by atoms with E-state index in [4.69, 9.17) is 10.8 Å². The Hall–Kier alpha value is -2.22. The lowest BCUT2D eigenvalue weighted by Crippen LogP contribution is -2.31. The molecule has 1 heterocycles. The molecule has 1 aromatic heterocycles. The molecule has 6 N–H and O–H groups in total. The van der Waals surface area contributed by atoms with E-state index in [9.17, 15) is 14.7 Å². The molecule has 2 rings (SSSR count). The van der Waals surface area contributed by atoms with Crippen molar-refractivity contribution in [2.45, 2.75) is 92.2 Å². The zero-order valence-corrected chi connectivity index (χ0v) is 21.7. The van der Waals surface area contributed by atoms with Crippen molar-refractivity contribution in [2.24, 2.45) is 5.73 Å². The molecule has 7 nitrogen and oxygen atoms in total. The Morgan fingerprint density at radius 2 is 1.70 bits per heavy atom. The number of hydrogen-bond acceptors (Lipinski definition) is 6. The minimum Gasteiger partial charge on any atom is -0.508 e. The van der Waals surface area contributed by atoms with Gasteiger partial charge in [0.1, 0.15) is 17.3 Å². The molecule has 0 spiro atoms. The Labute approximate surface area is 200 Å². The summed E-state index contributed by atoms with van der Waals surface area (Å²) in [5, 5.41) is 22.1. The molecular weight excluding hydrogens is 418 g/mol. The molecular formula is C26H47N3O4. The minimum atomic E-state index is -0.521. The fourth-order valence-electron chi connectivity index (χ4n) is 2.59. The van der Waals surface area contributed by atoms with Gasteiger partial charge in [0.25, 0.3) is 0 Å². The van der Waals surface area contributed by atoms with E-state index in [-0.39, 0.29) is 23.7 Å². The molecule has 0 aliphatic rings. The molecule has 33 heavy (non-hydrogen) atoms. The number of likely N-dealkylation sites (N-methyl/N-ethyl adjacent to an activating group) is 1. The first-order valence-electron chi connectivity index (χ1n) is 12.0. The molecule has 0 radical (unpaired) electrons. The molecule has 0 aliphatic carbocycles. The van der Waals surface area contributed by atoms with Crippen LogP contribution in [-0.2, 0) is 16.0 Å². The van der Waals surface area contributed by atoms with Crippen LogP contribution in [0.25, 0.3) is 10.9 Å². The highest BCUT2D eigenvalue weighted by Gasteiger charge is 2.14. The summed E-state index contributed by atoms with van der Waals surface area (Å²) in [5.74, 6) is 0.297. The van der Waals surface area contributed by atoms with Crippen LogP contribution < -0.4 is 11.1 Å². The van der Waals surface area contributed by atoms with Gasteiger partial charge in [0, 0.05) is 36.5 Å². The summed E-state index contributed by atoms with van der Waals surface area (Å²) in [7, 11) is 1.74. The van der Waals surface area contributed by atoms with Crippen LogP contribution in [0.4, 0.5) is 0 Å². The van der Waals surface area contributed by atoms with Crippen LogP contribution in [0, 0.1) is 0 Å². The fourth-order valence-corrected chi connectivity index (χ4v) is 2.59. The fraction of sp³-hybridized carbons (Fsp3) is 0.615. The maximum Gasteiger partial charge on any atom is 0.149 e. The lowest BCUT2D eigenvalue weighted by atomic mass is 10.0. The average molecular weight is 466 g/mol. The number of Topliss-reactive ketones (excluding diaryl/α,β-unsaturated/α-hetero) is 2. The first-order valence-corrected chi connectivity index (χ1v) is 12.0. The summed E-state index contributed by atoms with van der Waals surface area (Å²) in [5.41, 5.74) is 7.72. The Bertz CT molecular complexity index is 772. The van der Waals surface area contributed by atoms with Gasteiger partial charge in [-0.3, -0.25) is 9.59 Å². The molecule has 0 aliphatic heterocycles. The molecule has 0 saturated heterocycles. The van der Waals surface area contributed by atoms with Gasteiger partial charge in [0.15, 0.2) is 0 Å². The molecule has 2 atom stereocenters. The number of ketones is 2. The molecule has 0 amide bonds. The smallest absolute Gasteiger partial charge is 0.149 e. The van der Waals surface area contributed by atoms with Crippen molar-refractivity contribution in [1.29, 1.82) is 0 Å². The van der Waals surface area contributed by atoms with E-state index in [0.29, 0.717) is 19.4 Å². The van der Waals surface area contributed by atoms with Gasteiger partial charge in [-0.15, -0.1) is 0 Å². The average Bonchev–Trinajstić information content (AvgIpc) is 3.15. The second-order valence-corrected chi connectivity index (χ2v) is 8.00. The van der Waals surface area contributed by atoms with Crippen molar-refractivity contribution in [2.75, 3.05) is 13.6 Å². The van der Waals surface area contributed by atoms with Crippen molar-refractivity contribution in [3.8, 4) is 5.75 Å². The first-order chi connectivity index (χ1) is 15.6. The monoisotopic (exact) mass is 465 g/mol. The number of aliphatic hydroxyl groups excluding tert-OH is 1. The van der Waals surface area contributed by atoms with Crippen molar-refractivity contribution in [3.63, 3.8) is 0 Å². The van der Waals surface area contributed by atoms with E-state index < -0.39 is 12.1 Å². The van der Waals surface area contributed by atoms with E-state index in [1.807, 2.05) is 13.1 Å². The van der Waals surface area contributed by atoms with Crippen molar-refractivity contribution in [3.05, 3.63) is 30.0 Å². The third kappa shape index (κ3) is 16.1. The summed E-state index contributed by atoms with van der Waals surface area (Å²) in [6.45, 7) is 12.4. The molecule has 0 fully saturated rings. The van der Waals surface area contributed by atoms with E-state index in [1.165, 1.54) is 26.2 Å². The van der Waals surface area contributed by atoms with E-state index in [1.54, 1.807) is 25.2 Å². The number of carbonyl (C=O) groups excluding carboxylic acids is 2. The number of unbranched alkanes of at least 4 members (excludes halogenated alkanes) is 1. The van der Waals surface area contributed by atoms with Gasteiger partial charge in [0.05, 0.1) is 12.1 Å².